The van der Waals surface area contributed by atoms with Gasteiger partial charge in [-0.2, -0.15) is 0 Å². The summed E-state index contributed by atoms with van der Waals surface area (Å²) in [6.07, 6.45) is 3.15. The van der Waals surface area contributed by atoms with E-state index < -0.39 is 0 Å². The number of rotatable bonds is 7. The summed E-state index contributed by atoms with van der Waals surface area (Å²) >= 11 is 0. The molecule has 2 aromatic heterocycles. The summed E-state index contributed by atoms with van der Waals surface area (Å²) < 4.78 is 11.5. The van der Waals surface area contributed by atoms with Gasteiger partial charge in [-0.15, -0.1) is 0 Å². The Balaban J connectivity index is 1.41. The maximum absolute atomic E-state index is 13.0. The fraction of sp³-hybridized carbons (Fsp3) is 0.357. The average molecular weight is 461 g/mol. The Kier molecular flexibility index (Phi) is 6.73. The summed E-state index contributed by atoms with van der Waals surface area (Å²) in [7, 11) is 3.96. The molecule has 0 bridgehead atoms. The van der Waals surface area contributed by atoms with E-state index in [1.165, 1.54) is 0 Å². The molecule has 0 radical (unpaired) electrons. The lowest BCUT2D eigenvalue weighted by Crippen LogP contribution is -2.32. The van der Waals surface area contributed by atoms with Gasteiger partial charge in [0.05, 0.1) is 23.3 Å². The quantitative estimate of drug-likeness (QED) is 0.398. The molecule has 0 aliphatic heterocycles. The minimum Gasteiger partial charge on any atom is -0.464 e. The van der Waals surface area contributed by atoms with Crippen molar-refractivity contribution < 1.29 is 8.83 Å². The maximum Gasteiger partial charge on any atom is 0.197 e. The lowest BCUT2D eigenvalue weighted by Gasteiger charge is -2.21. The zero-order valence-electron chi connectivity index (χ0n) is 20.8. The van der Waals surface area contributed by atoms with Crippen molar-refractivity contribution in [3.63, 3.8) is 0 Å². The molecule has 2 heterocycles. The largest absolute Gasteiger partial charge is 0.464 e. The van der Waals surface area contributed by atoms with Crippen molar-refractivity contribution in [3.8, 4) is 0 Å². The zero-order chi connectivity index (χ0) is 24.6. The van der Waals surface area contributed by atoms with E-state index >= 15 is 0 Å². The third-order valence-electron chi connectivity index (χ3n) is 6.66. The van der Waals surface area contributed by atoms with Crippen LogP contribution in [-0.2, 0) is 13.1 Å². The summed E-state index contributed by atoms with van der Waals surface area (Å²) in [6.45, 7) is 10.5. The van der Waals surface area contributed by atoms with E-state index in [0.717, 1.165) is 35.3 Å². The molecule has 0 atom stereocenters. The van der Waals surface area contributed by atoms with Crippen molar-refractivity contribution in [3.05, 3.63) is 90.6 Å². The molecular formula is C28H32N2O4. The number of benzene rings is 2. The Morgan fingerprint density at radius 3 is 1.35 bits per heavy atom. The fourth-order valence-electron chi connectivity index (χ4n) is 4.15. The first-order chi connectivity index (χ1) is 16.1. The number of hydrogen-bond acceptors (Lipinski definition) is 6. The van der Waals surface area contributed by atoms with Gasteiger partial charge in [-0.3, -0.25) is 9.59 Å². The van der Waals surface area contributed by atoms with Crippen LogP contribution in [0.5, 0.6) is 0 Å². The normalized spacial score (nSPS) is 11.9. The SMILES string of the molecule is Cc1cc2occ(CN(C)CCN(C)Cc3coc4cc(C)c(C)cc4c3=O)c(=O)c2cc1C. The van der Waals surface area contributed by atoms with Gasteiger partial charge in [-0.25, -0.2) is 0 Å². The average Bonchev–Trinajstić information content (AvgIpc) is 2.79. The van der Waals surface area contributed by atoms with Gasteiger partial charge >= 0.3 is 0 Å². The van der Waals surface area contributed by atoms with Gasteiger partial charge in [0.15, 0.2) is 10.9 Å². The standard InChI is InChI=1S/C28H32N2O4/c1-17-9-23-25(11-19(17)3)33-15-21(27(23)31)13-29(5)7-8-30(6)14-22-16-34-26-12-20(4)18(2)10-24(26)28(22)32/h9-12,15-16H,7-8,13-14H2,1-6H3. The van der Waals surface area contributed by atoms with Gasteiger partial charge < -0.3 is 18.6 Å². The Bertz CT molecular complexity index is 1370. The van der Waals surface area contributed by atoms with Gasteiger partial charge in [0.2, 0.25) is 0 Å². The first-order valence-corrected chi connectivity index (χ1v) is 11.5. The van der Waals surface area contributed by atoms with Gasteiger partial charge in [-0.1, -0.05) is 0 Å². The molecule has 6 heteroatoms. The van der Waals surface area contributed by atoms with E-state index in [-0.39, 0.29) is 10.9 Å². The first kappa shape index (κ1) is 23.9. The molecule has 0 spiro atoms. The molecule has 0 aliphatic rings. The lowest BCUT2D eigenvalue weighted by atomic mass is 10.1. The minimum atomic E-state index is 0.0175. The molecule has 0 unspecified atom stereocenters. The number of hydrogen-bond donors (Lipinski definition) is 0. The van der Waals surface area contributed by atoms with E-state index in [4.69, 9.17) is 8.83 Å². The minimum absolute atomic E-state index is 0.0175. The van der Waals surface area contributed by atoms with Crippen molar-refractivity contribution in [1.29, 1.82) is 0 Å². The summed E-state index contributed by atoms with van der Waals surface area (Å²) in [4.78, 5) is 30.1. The first-order valence-electron chi connectivity index (χ1n) is 11.5. The van der Waals surface area contributed by atoms with Crippen LogP contribution in [0.4, 0.5) is 0 Å². The molecule has 0 N–H and O–H groups in total. The molecule has 34 heavy (non-hydrogen) atoms. The van der Waals surface area contributed by atoms with E-state index in [1.54, 1.807) is 12.5 Å². The van der Waals surface area contributed by atoms with E-state index in [0.29, 0.717) is 46.2 Å². The Morgan fingerprint density at radius 1 is 0.618 bits per heavy atom. The van der Waals surface area contributed by atoms with Gasteiger partial charge in [0.1, 0.15) is 11.2 Å². The third kappa shape index (κ3) is 4.83. The van der Waals surface area contributed by atoms with Crippen LogP contribution < -0.4 is 10.9 Å². The highest BCUT2D eigenvalue weighted by molar-refractivity contribution is 5.79. The van der Waals surface area contributed by atoms with Crippen molar-refractivity contribution >= 4 is 21.9 Å². The van der Waals surface area contributed by atoms with Gasteiger partial charge in [0.25, 0.3) is 0 Å². The second-order valence-corrected chi connectivity index (χ2v) is 9.52. The molecule has 0 fully saturated rings. The molecular weight excluding hydrogens is 428 g/mol. The molecule has 0 amide bonds. The van der Waals surface area contributed by atoms with Crippen molar-refractivity contribution in [2.24, 2.45) is 0 Å². The van der Waals surface area contributed by atoms with Crippen LogP contribution in [0.1, 0.15) is 33.4 Å². The monoisotopic (exact) mass is 460 g/mol. The highest BCUT2D eigenvalue weighted by atomic mass is 16.3. The van der Waals surface area contributed by atoms with Crippen molar-refractivity contribution in [1.82, 2.24) is 9.80 Å². The van der Waals surface area contributed by atoms with E-state index in [1.807, 2.05) is 66.1 Å². The van der Waals surface area contributed by atoms with Crippen LogP contribution in [0.2, 0.25) is 0 Å². The number of nitrogens with zero attached hydrogens (tertiary/aromatic N) is 2. The molecule has 178 valence electrons. The molecule has 0 saturated heterocycles. The number of aryl methyl sites for hydroxylation is 4. The van der Waals surface area contributed by atoms with Crippen LogP contribution >= 0.6 is 0 Å². The molecule has 0 saturated carbocycles. The Hall–Kier alpha value is -3.22. The lowest BCUT2D eigenvalue weighted by molar-refractivity contribution is 0.244. The van der Waals surface area contributed by atoms with Crippen LogP contribution in [0, 0.1) is 27.7 Å². The topological polar surface area (TPSA) is 66.9 Å². The van der Waals surface area contributed by atoms with Gasteiger partial charge in [-0.05, 0) is 88.3 Å². The predicted molar refractivity (Wildman–Crippen MR) is 137 cm³/mol. The summed E-state index contributed by atoms with van der Waals surface area (Å²) in [5.41, 5.74) is 6.93. The third-order valence-corrected chi connectivity index (χ3v) is 6.66. The fourth-order valence-corrected chi connectivity index (χ4v) is 4.15. The summed E-state index contributed by atoms with van der Waals surface area (Å²) in [6, 6.07) is 7.65. The molecule has 6 nitrogen and oxygen atoms in total. The van der Waals surface area contributed by atoms with E-state index in [9.17, 15) is 9.59 Å². The Labute approximate surface area is 199 Å². The molecule has 0 aliphatic carbocycles. The van der Waals surface area contributed by atoms with Crippen molar-refractivity contribution in [2.45, 2.75) is 40.8 Å². The van der Waals surface area contributed by atoms with Gasteiger partial charge in [0, 0.05) is 37.3 Å². The predicted octanol–water partition coefficient (Wildman–Crippen LogP) is 4.70. The van der Waals surface area contributed by atoms with Crippen LogP contribution in [0.25, 0.3) is 21.9 Å². The number of likely N-dealkylation sites (N-methyl/N-ethyl adjacent to an activating group) is 2. The van der Waals surface area contributed by atoms with Crippen LogP contribution in [0.3, 0.4) is 0 Å². The maximum atomic E-state index is 13.0. The van der Waals surface area contributed by atoms with Crippen LogP contribution in [0.15, 0.2) is 55.2 Å². The molecule has 4 aromatic rings. The van der Waals surface area contributed by atoms with E-state index in [2.05, 4.69) is 9.80 Å². The number of fused-ring (bicyclic) bond motifs is 2. The second kappa shape index (κ2) is 9.57. The highest BCUT2D eigenvalue weighted by Gasteiger charge is 2.13. The van der Waals surface area contributed by atoms with Crippen LogP contribution in [-0.4, -0.2) is 37.0 Å². The zero-order valence-corrected chi connectivity index (χ0v) is 20.8. The summed E-state index contributed by atoms with van der Waals surface area (Å²) in [5.74, 6) is 0. The Morgan fingerprint density at radius 2 is 0.971 bits per heavy atom. The highest BCUT2D eigenvalue weighted by Crippen LogP contribution is 2.19. The second-order valence-electron chi connectivity index (χ2n) is 9.52. The van der Waals surface area contributed by atoms with Crippen molar-refractivity contribution in [2.75, 3.05) is 27.2 Å². The summed E-state index contributed by atoms with van der Waals surface area (Å²) in [5, 5.41) is 1.25. The molecule has 2 aromatic carbocycles. The smallest absolute Gasteiger partial charge is 0.197 e. The molecule has 4 rings (SSSR count).